The lowest BCUT2D eigenvalue weighted by atomic mass is 9.73. The van der Waals surface area contributed by atoms with Crippen molar-refractivity contribution in [3.8, 4) is 11.5 Å². The topological polar surface area (TPSA) is 134 Å². The lowest BCUT2D eigenvalue weighted by Gasteiger charge is -2.38. The fourth-order valence-corrected chi connectivity index (χ4v) is 5.30. The van der Waals surface area contributed by atoms with Crippen LogP contribution in [0.3, 0.4) is 0 Å². The molecule has 0 atom stereocenters. The van der Waals surface area contributed by atoms with Gasteiger partial charge in [-0.05, 0) is 38.7 Å². The highest BCUT2D eigenvalue weighted by Gasteiger charge is 2.44. The lowest BCUT2D eigenvalue weighted by molar-refractivity contribution is -0.160. The Morgan fingerprint density at radius 3 is 2.85 bits per heavy atom. The molecular weight excluding hydrogens is 545 g/mol. The number of nitrogens with one attached hydrogen (secondary N) is 2. The summed E-state index contributed by atoms with van der Waals surface area (Å²) in [5.41, 5.74) is -0.148. The van der Waals surface area contributed by atoms with Crippen LogP contribution in [0.1, 0.15) is 38.3 Å². The van der Waals surface area contributed by atoms with E-state index in [2.05, 4.69) is 20.6 Å². The maximum Gasteiger partial charge on any atom is 0.315 e. The molecule has 40 heavy (non-hydrogen) atoms. The number of aromatic nitrogens is 3. The quantitative estimate of drug-likeness (QED) is 0.390. The van der Waals surface area contributed by atoms with Crippen LogP contribution in [0.25, 0.3) is 11.0 Å². The molecule has 4 heterocycles. The van der Waals surface area contributed by atoms with Gasteiger partial charge in [-0.1, -0.05) is 11.6 Å². The number of hydrogen-bond donors (Lipinski definition) is 2. The fourth-order valence-electron chi connectivity index (χ4n) is 5.09. The number of hydrogen-bond acceptors (Lipinski definition) is 9. The van der Waals surface area contributed by atoms with Crippen LogP contribution in [0.4, 0.5) is 10.2 Å². The number of rotatable bonds is 8. The van der Waals surface area contributed by atoms with Crippen LogP contribution in [0.15, 0.2) is 29.2 Å². The first kappa shape index (κ1) is 27.8. The van der Waals surface area contributed by atoms with Crippen molar-refractivity contribution in [3.05, 3.63) is 51.3 Å². The smallest absolute Gasteiger partial charge is 0.315 e. The molecule has 1 aliphatic carbocycles. The zero-order valence-corrected chi connectivity index (χ0v) is 22.8. The molecule has 212 valence electrons. The molecule has 0 spiro atoms. The van der Waals surface area contributed by atoms with Gasteiger partial charge in [0.25, 0.3) is 11.5 Å². The number of pyridine rings is 3. The lowest BCUT2D eigenvalue weighted by Crippen LogP contribution is -2.45. The Kier molecular flexibility index (Phi) is 7.90. The van der Waals surface area contributed by atoms with Crippen molar-refractivity contribution in [2.45, 2.75) is 45.2 Å². The summed E-state index contributed by atoms with van der Waals surface area (Å²) in [5.74, 6) is -0.793. The van der Waals surface area contributed by atoms with E-state index in [1.165, 1.54) is 23.7 Å². The standard InChI is InChI=1S/C27H29ClFN5O6/c1-3-38-26(37)27(14-40-24-17(29)11-31-18-4-5-22(36)34(2)23(18)24)8-6-15(7-9-27)30-12-19-16(28)10-20-25(32-19)33-21(35)13-39-20/h4-5,10-11,15,30H,3,6-9,12-14H2,1-2H3,(H,32,33,35)/t15-,27-. The molecule has 0 bridgehead atoms. The van der Waals surface area contributed by atoms with Crippen LogP contribution in [-0.2, 0) is 27.9 Å². The maximum atomic E-state index is 14.9. The largest absolute Gasteiger partial charge is 0.487 e. The van der Waals surface area contributed by atoms with Gasteiger partial charge in [0.05, 0.1) is 29.0 Å². The minimum Gasteiger partial charge on any atom is -0.487 e. The van der Waals surface area contributed by atoms with Gasteiger partial charge in [0, 0.05) is 31.8 Å². The van der Waals surface area contributed by atoms with Gasteiger partial charge in [-0.3, -0.25) is 19.4 Å². The van der Waals surface area contributed by atoms with Crippen molar-refractivity contribution in [1.82, 2.24) is 19.9 Å². The summed E-state index contributed by atoms with van der Waals surface area (Å²) >= 11 is 6.38. The molecule has 1 saturated carbocycles. The summed E-state index contributed by atoms with van der Waals surface area (Å²) in [6, 6.07) is 4.53. The van der Waals surface area contributed by atoms with Crippen LogP contribution in [0, 0.1) is 11.2 Å². The molecule has 0 aromatic carbocycles. The number of carbonyl (C=O) groups is 2. The van der Waals surface area contributed by atoms with E-state index >= 15 is 0 Å². The first-order chi connectivity index (χ1) is 19.2. The molecule has 1 fully saturated rings. The van der Waals surface area contributed by atoms with E-state index in [1.807, 2.05) is 0 Å². The molecule has 3 aromatic heterocycles. The molecule has 3 aromatic rings. The highest BCUT2D eigenvalue weighted by atomic mass is 35.5. The Morgan fingerprint density at radius 1 is 1.32 bits per heavy atom. The molecule has 0 unspecified atom stereocenters. The van der Waals surface area contributed by atoms with Crippen molar-refractivity contribution >= 4 is 40.3 Å². The number of amides is 1. The van der Waals surface area contributed by atoms with E-state index in [0.717, 1.165) is 6.20 Å². The van der Waals surface area contributed by atoms with E-state index in [-0.39, 0.29) is 48.6 Å². The molecular formula is C27H29ClFN5O6. The summed E-state index contributed by atoms with van der Waals surface area (Å²) < 4.78 is 32.9. The maximum absolute atomic E-state index is 14.9. The third-order valence-corrected chi connectivity index (χ3v) is 7.70. The van der Waals surface area contributed by atoms with Gasteiger partial charge in [0.15, 0.2) is 29.7 Å². The number of aryl methyl sites for hydroxylation is 1. The molecule has 0 radical (unpaired) electrons. The molecule has 5 rings (SSSR count). The van der Waals surface area contributed by atoms with Crippen LogP contribution < -0.4 is 25.7 Å². The molecule has 13 heteroatoms. The van der Waals surface area contributed by atoms with E-state index in [1.54, 1.807) is 13.0 Å². The minimum atomic E-state index is -0.993. The summed E-state index contributed by atoms with van der Waals surface area (Å²) in [7, 11) is 1.52. The second kappa shape index (κ2) is 11.4. The van der Waals surface area contributed by atoms with Gasteiger partial charge in [0.2, 0.25) is 0 Å². The SMILES string of the molecule is CCOC(=O)[C@]1(COc2c(F)cnc3ccc(=O)n(C)c23)CC[C@@H](NCc2nc3c(cc2Cl)OCC(=O)N3)CC1. The average molecular weight is 574 g/mol. The number of carbonyl (C=O) groups excluding carboxylic acids is 2. The summed E-state index contributed by atoms with van der Waals surface area (Å²) in [6.45, 7) is 2.08. The van der Waals surface area contributed by atoms with E-state index in [4.69, 9.17) is 25.8 Å². The van der Waals surface area contributed by atoms with Crippen LogP contribution in [-0.4, -0.2) is 52.3 Å². The van der Waals surface area contributed by atoms with Gasteiger partial charge < -0.3 is 29.4 Å². The number of nitrogens with zero attached hydrogens (tertiary/aromatic N) is 3. The van der Waals surface area contributed by atoms with Crippen LogP contribution in [0.5, 0.6) is 11.5 Å². The van der Waals surface area contributed by atoms with E-state index in [0.29, 0.717) is 60.0 Å². The monoisotopic (exact) mass is 573 g/mol. The molecule has 1 aliphatic heterocycles. The second-order valence-electron chi connectivity index (χ2n) is 9.94. The number of esters is 1. The first-order valence-corrected chi connectivity index (χ1v) is 13.4. The number of ether oxygens (including phenoxy) is 3. The average Bonchev–Trinajstić information content (AvgIpc) is 2.94. The Labute approximate surface area is 234 Å². The van der Waals surface area contributed by atoms with Gasteiger partial charge in [-0.15, -0.1) is 0 Å². The minimum absolute atomic E-state index is 0.0432. The number of halogens is 2. The van der Waals surface area contributed by atoms with Gasteiger partial charge >= 0.3 is 5.97 Å². The number of fused-ring (bicyclic) bond motifs is 2. The normalized spacial score (nSPS) is 20.4. The Hall–Kier alpha value is -3.77. The van der Waals surface area contributed by atoms with Crippen LogP contribution >= 0.6 is 11.6 Å². The van der Waals surface area contributed by atoms with Crippen molar-refractivity contribution in [3.63, 3.8) is 0 Å². The summed E-state index contributed by atoms with van der Waals surface area (Å²) in [6.07, 6.45) is 3.13. The fraction of sp³-hybridized carbons (Fsp3) is 0.444. The van der Waals surface area contributed by atoms with Crippen molar-refractivity contribution in [1.29, 1.82) is 0 Å². The highest BCUT2D eigenvalue weighted by Crippen LogP contribution is 2.40. The Bertz CT molecular complexity index is 1520. The van der Waals surface area contributed by atoms with Gasteiger partial charge in [0.1, 0.15) is 17.5 Å². The van der Waals surface area contributed by atoms with Crippen molar-refractivity contribution < 1.29 is 28.2 Å². The predicted octanol–water partition coefficient (Wildman–Crippen LogP) is 3.11. The zero-order chi connectivity index (χ0) is 28.4. The first-order valence-electron chi connectivity index (χ1n) is 13.0. The van der Waals surface area contributed by atoms with Crippen molar-refractivity contribution in [2.24, 2.45) is 12.5 Å². The third-order valence-electron chi connectivity index (χ3n) is 7.37. The molecule has 0 saturated heterocycles. The summed E-state index contributed by atoms with van der Waals surface area (Å²) in [4.78, 5) is 45.5. The summed E-state index contributed by atoms with van der Waals surface area (Å²) in [5, 5.41) is 6.51. The highest BCUT2D eigenvalue weighted by molar-refractivity contribution is 6.31. The van der Waals surface area contributed by atoms with E-state index < -0.39 is 17.2 Å². The molecule has 11 nitrogen and oxygen atoms in total. The molecule has 2 N–H and O–H groups in total. The Balaban J connectivity index is 1.29. The van der Waals surface area contributed by atoms with Gasteiger partial charge in [-0.25, -0.2) is 9.37 Å². The molecule has 2 aliphatic rings. The third kappa shape index (κ3) is 5.46. The van der Waals surface area contributed by atoms with E-state index in [9.17, 15) is 18.8 Å². The second-order valence-corrected chi connectivity index (χ2v) is 10.4. The predicted molar refractivity (Wildman–Crippen MR) is 144 cm³/mol. The van der Waals surface area contributed by atoms with Crippen LogP contribution in [0.2, 0.25) is 5.02 Å². The number of anilines is 1. The van der Waals surface area contributed by atoms with Gasteiger partial charge in [-0.2, -0.15) is 0 Å². The molecule has 1 amide bonds. The van der Waals surface area contributed by atoms with Crippen molar-refractivity contribution in [2.75, 3.05) is 25.1 Å². The zero-order valence-electron chi connectivity index (χ0n) is 22.1. The Morgan fingerprint density at radius 2 is 2.10 bits per heavy atom.